The molecule has 1 heteroatoms. The Morgan fingerprint density at radius 1 is 1.23 bits per heavy atom. The molecular formula is C12H12O. The van der Waals surface area contributed by atoms with Gasteiger partial charge in [-0.3, -0.25) is 0 Å². The fourth-order valence-corrected chi connectivity index (χ4v) is 1.69. The topological polar surface area (TPSA) is 20.2 Å². The minimum Gasteiger partial charge on any atom is -0.512 e. The van der Waals surface area contributed by atoms with Crippen LogP contribution in [-0.4, -0.2) is 5.11 Å². The van der Waals surface area contributed by atoms with E-state index < -0.39 is 0 Å². The van der Waals surface area contributed by atoms with Crippen molar-refractivity contribution in [3.05, 3.63) is 59.4 Å². The zero-order chi connectivity index (χ0) is 9.26. The fourth-order valence-electron chi connectivity index (χ4n) is 1.69. The summed E-state index contributed by atoms with van der Waals surface area (Å²) in [6.45, 7) is 1.72. The van der Waals surface area contributed by atoms with E-state index in [1.807, 2.05) is 24.3 Å². The van der Waals surface area contributed by atoms with Crippen LogP contribution in [0.15, 0.2) is 59.4 Å². The molecule has 0 aromatic carbocycles. The number of hydrogen-bond donors (Lipinski definition) is 1. The largest absolute Gasteiger partial charge is 0.512 e. The molecule has 1 N–H and O–H groups in total. The van der Waals surface area contributed by atoms with Crippen molar-refractivity contribution in [1.82, 2.24) is 0 Å². The molecule has 0 aromatic heterocycles. The third kappa shape index (κ3) is 1.37. The monoisotopic (exact) mass is 172 g/mol. The molecule has 0 spiro atoms. The van der Waals surface area contributed by atoms with Gasteiger partial charge in [-0.05, 0) is 12.5 Å². The number of rotatable bonds is 1. The van der Waals surface area contributed by atoms with E-state index in [-0.39, 0.29) is 0 Å². The third-order valence-electron chi connectivity index (χ3n) is 2.35. The summed E-state index contributed by atoms with van der Waals surface area (Å²) >= 11 is 0. The van der Waals surface area contributed by atoms with E-state index in [0.717, 1.165) is 5.57 Å². The van der Waals surface area contributed by atoms with Gasteiger partial charge in [-0.1, -0.05) is 42.5 Å². The molecule has 1 nitrogen and oxygen atoms in total. The summed E-state index contributed by atoms with van der Waals surface area (Å²) in [5.41, 5.74) is 2.14. The Labute approximate surface area is 78.1 Å². The highest BCUT2D eigenvalue weighted by atomic mass is 16.3. The molecule has 0 saturated heterocycles. The Morgan fingerprint density at radius 2 is 1.92 bits per heavy atom. The van der Waals surface area contributed by atoms with E-state index in [9.17, 15) is 5.11 Å². The molecule has 0 bridgehead atoms. The van der Waals surface area contributed by atoms with Crippen molar-refractivity contribution in [1.29, 1.82) is 0 Å². The Balaban J connectivity index is 2.32. The smallest absolute Gasteiger partial charge is 0.0966 e. The van der Waals surface area contributed by atoms with Gasteiger partial charge < -0.3 is 5.11 Å². The van der Waals surface area contributed by atoms with Gasteiger partial charge in [-0.25, -0.2) is 0 Å². The second-order valence-electron chi connectivity index (χ2n) is 3.28. The van der Waals surface area contributed by atoms with Crippen LogP contribution in [0.25, 0.3) is 0 Å². The van der Waals surface area contributed by atoms with Crippen LogP contribution in [0.5, 0.6) is 0 Å². The molecular weight excluding hydrogens is 160 g/mol. The summed E-state index contributed by atoms with van der Waals surface area (Å²) in [6, 6.07) is 0. The molecule has 2 aliphatic carbocycles. The molecule has 0 fully saturated rings. The summed E-state index contributed by atoms with van der Waals surface area (Å²) in [5, 5.41) is 9.42. The van der Waals surface area contributed by atoms with Gasteiger partial charge in [-0.2, -0.15) is 0 Å². The van der Waals surface area contributed by atoms with E-state index in [1.165, 1.54) is 5.57 Å². The van der Waals surface area contributed by atoms with E-state index in [2.05, 4.69) is 18.2 Å². The number of allylic oxidation sites excluding steroid dienone is 10. The number of aliphatic hydroxyl groups excluding tert-OH is 1. The molecule has 0 heterocycles. The van der Waals surface area contributed by atoms with Crippen molar-refractivity contribution < 1.29 is 5.11 Å². The average Bonchev–Trinajstić information content (AvgIpc) is 2.74. The van der Waals surface area contributed by atoms with Gasteiger partial charge in [0.15, 0.2) is 0 Å². The van der Waals surface area contributed by atoms with Crippen LogP contribution in [0.2, 0.25) is 0 Å². The maximum absolute atomic E-state index is 9.42. The molecule has 66 valence electrons. The van der Waals surface area contributed by atoms with E-state index >= 15 is 0 Å². The number of hydrogen-bond acceptors (Lipinski definition) is 1. The molecule has 0 radical (unpaired) electrons. The maximum atomic E-state index is 9.42. The van der Waals surface area contributed by atoms with Crippen LogP contribution in [0, 0.1) is 5.92 Å². The van der Waals surface area contributed by atoms with Crippen molar-refractivity contribution in [2.24, 2.45) is 5.92 Å². The Bertz CT molecular complexity index is 349. The zero-order valence-corrected chi connectivity index (χ0v) is 7.57. The Hall–Kier alpha value is -1.50. The maximum Gasteiger partial charge on any atom is 0.0966 e. The quantitative estimate of drug-likeness (QED) is 0.603. The molecule has 0 amide bonds. The molecule has 0 unspecified atom stereocenters. The summed E-state index contributed by atoms with van der Waals surface area (Å²) < 4.78 is 0. The van der Waals surface area contributed by atoms with Crippen LogP contribution < -0.4 is 0 Å². The Kier molecular flexibility index (Phi) is 1.93. The highest BCUT2D eigenvalue weighted by Crippen LogP contribution is 2.31. The SMILES string of the molecule is C/C(O)=C1\C=CC=C1C1C=CC=C1. The average molecular weight is 172 g/mol. The summed E-state index contributed by atoms with van der Waals surface area (Å²) in [5.74, 6) is 0.737. The highest BCUT2D eigenvalue weighted by Gasteiger charge is 2.17. The lowest BCUT2D eigenvalue weighted by atomic mass is 9.95. The van der Waals surface area contributed by atoms with E-state index in [4.69, 9.17) is 0 Å². The van der Waals surface area contributed by atoms with Gasteiger partial charge in [-0.15, -0.1) is 0 Å². The molecule has 0 atom stereocenters. The molecule has 0 aliphatic heterocycles. The van der Waals surface area contributed by atoms with Crippen LogP contribution in [0.1, 0.15) is 6.92 Å². The highest BCUT2D eigenvalue weighted by molar-refractivity contribution is 5.54. The zero-order valence-electron chi connectivity index (χ0n) is 7.57. The van der Waals surface area contributed by atoms with Crippen LogP contribution in [-0.2, 0) is 0 Å². The number of aliphatic hydroxyl groups is 1. The predicted molar refractivity (Wildman–Crippen MR) is 54.3 cm³/mol. The second kappa shape index (κ2) is 3.09. The standard InChI is InChI=1S/C12H12O/c1-9(13)11-7-4-8-12(11)10-5-2-3-6-10/h2-8,10,13H,1H3/b11-9-. The molecule has 13 heavy (non-hydrogen) atoms. The normalized spacial score (nSPS) is 24.2. The lowest BCUT2D eigenvalue weighted by Crippen LogP contribution is -1.97. The third-order valence-corrected chi connectivity index (χ3v) is 2.35. The van der Waals surface area contributed by atoms with Gasteiger partial charge in [0.05, 0.1) is 5.76 Å². The fraction of sp³-hybridized carbons (Fsp3) is 0.167. The second-order valence-corrected chi connectivity index (χ2v) is 3.28. The molecule has 2 rings (SSSR count). The van der Waals surface area contributed by atoms with Crippen molar-refractivity contribution in [2.45, 2.75) is 6.92 Å². The minimum absolute atomic E-state index is 0.340. The summed E-state index contributed by atoms with van der Waals surface area (Å²) in [6.07, 6.45) is 14.3. The van der Waals surface area contributed by atoms with Gasteiger partial charge in [0.2, 0.25) is 0 Å². The van der Waals surface area contributed by atoms with E-state index in [0.29, 0.717) is 11.7 Å². The van der Waals surface area contributed by atoms with Gasteiger partial charge in [0.25, 0.3) is 0 Å². The first-order valence-electron chi connectivity index (χ1n) is 4.42. The molecule has 0 saturated carbocycles. The minimum atomic E-state index is 0.340. The van der Waals surface area contributed by atoms with Gasteiger partial charge >= 0.3 is 0 Å². The van der Waals surface area contributed by atoms with E-state index in [1.54, 1.807) is 6.92 Å². The lowest BCUT2D eigenvalue weighted by Gasteiger charge is -2.09. The Morgan fingerprint density at radius 3 is 2.54 bits per heavy atom. The summed E-state index contributed by atoms with van der Waals surface area (Å²) in [4.78, 5) is 0. The van der Waals surface area contributed by atoms with Gasteiger partial charge in [0, 0.05) is 11.5 Å². The van der Waals surface area contributed by atoms with Crippen LogP contribution in [0.3, 0.4) is 0 Å². The van der Waals surface area contributed by atoms with Gasteiger partial charge in [0.1, 0.15) is 0 Å². The van der Waals surface area contributed by atoms with Crippen molar-refractivity contribution in [3.63, 3.8) is 0 Å². The van der Waals surface area contributed by atoms with Crippen LogP contribution >= 0.6 is 0 Å². The first-order chi connectivity index (χ1) is 6.29. The lowest BCUT2D eigenvalue weighted by molar-refractivity contribution is 0.410. The van der Waals surface area contributed by atoms with Crippen LogP contribution in [0.4, 0.5) is 0 Å². The summed E-state index contributed by atoms with van der Waals surface area (Å²) in [7, 11) is 0. The van der Waals surface area contributed by atoms with Crippen molar-refractivity contribution >= 4 is 0 Å². The first kappa shape index (κ1) is 8.11. The first-order valence-corrected chi connectivity index (χ1v) is 4.42. The van der Waals surface area contributed by atoms with Crippen molar-refractivity contribution in [2.75, 3.05) is 0 Å². The molecule has 0 aromatic rings. The predicted octanol–water partition coefficient (Wildman–Crippen LogP) is 3.06. The molecule has 2 aliphatic rings. The van der Waals surface area contributed by atoms with Crippen molar-refractivity contribution in [3.8, 4) is 0 Å².